The van der Waals surface area contributed by atoms with Gasteiger partial charge in [-0.15, -0.1) is 11.6 Å². The van der Waals surface area contributed by atoms with Gasteiger partial charge in [-0.05, 0) is 85.1 Å². The topological polar surface area (TPSA) is 360 Å². The number of imide groups is 1. The molecule has 5 aromatic rings. The molecule has 4 heterocycles. The van der Waals surface area contributed by atoms with Gasteiger partial charge >= 0.3 is 18.2 Å². The summed E-state index contributed by atoms with van der Waals surface area (Å²) in [5, 5.41) is 18.1. The van der Waals surface area contributed by atoms with Gasteiger partial charge in [0, 0.05) is 119 Å². The Kier molecular flexibility index (Phi) is 31.0. The van der Waals surface area contributed by atoms with Crippen molar-refractivity contribution in [2.24, 2.45) is 11.7 Å². The number of fused-ring (bicyclic) bond motifs is 4. The van der Waals surface area contributed by atoms with Gasteiger partial charge in [0.25, 0.3) is 17.7 Å². The molecule has 8 N–H and O–H groups in total. The SMILES string of the molecule is CC(=O)N[C@H](C(=O)N[C@@H](CCCNC(N)=O)C(=O)Nc1ccc(COC(=O)NCCOc2ccc3oc(C(=O)N4C[C@@H](CCl)c5c4cc(OC(=O)N4CCN(C)CC4)c4ccccc54)cc3c2)cc1)C(C)C.CCCOCCOCCOCCOCCNC(=O)CCN1C(=O)C=CC1=O. The summed E-state index contributed by atoms with van der Waals surface area (Å²) in [5.74, 6) is -2.02. The number of furan rings is 1. The molecule has 0 saturated carbocycles. The van der Waals surface area contributed by atoms with Gasteiger partial charge in [-0.25, -0.2) is 14.4 Å². The molecular weight excluding hydrogens is 1310 g/mol. The summed E-state index contributed by atoms with van der Waals surface area (Å²) in [6.45, 7) is 14.8. The van der Waals surface area contributed by atoms with E-state index < -0.39 is 42.1 Å². The van der Waals surface area contributed by atoms with Crippen molar-refractivity contribution in [3.63, 3.8) is 0 Å². The average molecular weight is 1400 g/mol. The van der Waals surface area contributed by atoms with Crippen LogP contribution in [0.4, 0.5) is 25.8 Å². The van der Waals surface area contributed by atoms with Crippen molar-refractivity contribution < 1.29 is 85.5 Å². The third-order valence-corrected chi connectivity index (χ3v) is 16.2. The van der Waals surface area contributed by atoms with Crippen molar-refractivity contribution in [3.8, 4) is 11.5 Å². The molecule has 29 nitrogen and oxygen atoms in total. The number of alkyl halides is 1. The van der Waals surface area contributed by atoms with E-state index in [4.69, 9.17) is 54.9 Å². The quantitative estimate of drug-likeness (QED) is 0.0147. The highest BCUT2D eigenvalue weighted by Gasteiger charge is 2.37. The summed E-state index contributed by atoms with van der Waals surface area (Å²) in [6.07, 6.45) is 2.85. The van der Waals surface area contributed by atoms with E-state index in [1.54, 1.807) is 78.2 Å². The molecule has 11 amide bonds. The number of nitrogens with zero attached hydrogens (tertiary/aromatic N) is 4. The molecule has 0 radical (unpaired) electrons. The largest absolute Gasteiger partial charge is 0.492 e. The summed E-state index contributed by atoms with van der Waals surface area (Å²) in [4.78, 5) is 130. The van der Waals surface area contributed by atoms with E-state index in [2.05, 4.69) is 43.7 Å². The summed E-state index contributed by atoms with van der Waals surface area (Å²) in [6, 6.07) is 20.2. The van der Waals surface area contributed by atoms with E-state index in [0.29, 0.717) is 118 Å². The predicted molar refractivity (Wildman–Crippen MR) is 367 cm³/mol. The molecule has 3 aliphatic heterocycles. The first kappa shape index (κ1) is 77.0. The first-order valence-corrected chi connectivity index (χ1v) is 33.5. The van der Waals surface area contributed by atoms with Gasteiger partial charge in [-0.1, -0.05) is 57.2 Å². The Bertz CT molecular complexity index is 3580. The Labute approximate surface area is 579 Å². The van der Waals surface area contributed by atoms with Crippen LogP contribution in [0, 0.1) is 5.92 Å². The van der Waals surface area contributed by atoms with E-state index in [1.165, 1.54) is 19.1 Å². The number of hydrogen-bond acceptors (Lipinski definition) is 19. The first-order chi connectivity index (χ1) is 47.7. The number of rotatable bonds is 36. The van der Waals surface area contributed by atoms with Crippen molar-refractivity contribution in [1.29, 1.82) is 0 Å². The van der Waals surface area contributed by atoms with Gasteiger partial charge in [0.1, 0.15) is 42.4 Å². The maximum Gasteiger partial charge on any atom is 0.415 e. The van der Waals surface area contributed by atoms with Crippen LogP contribution in [0.25, 0.3) is 21.7 Å². The number of carbonyl (C=O) groups excluding carboxylic acids is 10. The van der Waals surface area contributed by atoms with Gasteiger partial charge in [-0.3, -0.25) is 38.5 Å². The molecular formula is C69H90ClN11O18. The van der Waals surface area contributed by atoms with Crippen molar-refractivity contribution in [1.82, 2.24) is 41.3 Å². The molecule has 0 aliphatic carbocycles. The minimum atomic E-state index is -0.995. The molecule has 99 heavy (non-hydrogen) atoms. The molecule has 30 heteroatoms. The second-order valence-electron chi connectivity index (χ2n) is 23.8. The average Bonchev–Trinajstić information content (AvgIpc) is 1.62. The standard InChI is InChI=1S/C51H60ClN9O11.C18H30N2O7/c1-30(2)45(56-31(3)62)47(64)58-39(10-7-17-54-49(53)66)46(63)57-35-13-11-32(12-14-35)29-70-50(67)55-18-23-69-36-15-16-41-33(24-36)25-43(71-41)48(65)61-28-34(27-52)44-38-9-6-5-8-37(38)42(26-40(44)61)72-51(68)60-21-19-59(4)20-22-60;1-2-8-24-10-12-26-14-15-27-13-11-25-9-6-19-16(21)5-7-20-17(22)3-4-18(20)23/h5-6,8-9,11-16,24-26,30,34,39,45H,7,10,17-23,27-29H2,1-4H3,(H,55,67)(H,56,62)(H,57,63)(H,58,64)(H3,53,54,66);3-4H,2,5-15H2,1H3,(H,19,21)/t34-,39+,45+;/m1./s1. The molecule has 8 rings (SSSR count). The molecule has 0 spiro atoms. The van der Waals surface area contributed by atoms with Crippen molar-refractivity contribution in [2.75, 3.05) is 142 Å². The molecule has 1 saturated heterocycles. The third-order valence-electron chi connectivity index (χ3n) is 15.9. The number of alkyl carbamates (subject to hydrolysis) is 1. The zero-order chi connectivity index (χ0) is 71.2. The number of carbonyl (C=O) groups is 10. The summed E-state index contributed by atoms with van der Waals surface area (Å²) in [5.41, 5.74) is 8.17. The Hall–Kier alpha value is -9.39. The fourth-order valence-corrected chi connectivity index (χ4v) is 10.9. The van der Waals surface area contributed by atoms with Gasteiger partial charge < -0.3 is 89.9 Å². The minimum absolute atomic E-state index is 0.0674. The zero-order valence-electron chi connectivity index (χ0n) is 56.5. The fourth-order valence-electron chi connectivity index (χ4n) is 10.7. The molecule has 3 atom stereocenters. The molecule has 3 aliphatic rings. The molecule has 1 fully saturated rings. The third kappa shape index (κ3) is 24.2. The lowest BCUT2D eigenvalue weighted by atomic mass is 9.95. The lowest BCUT2D eigenvalue weighted by molar-refractivity contribution is -0.137. The number of primary amides is 1. The number of benzene rings is 4. The zero-order valence-corrected chi connectivity index (χ0v) is 57.3. The van der Waals surface area contributed by atoms with Gasteiger partial charge in [-0.2, -0.15) is 0 Å². The highest BCUT2D eigenvalue weighted by molar-refractivity contribution is 6.19. The predicted octanol–water partition coefficient (Wildman–Crippen LogP) is 5.55. The van der Waals surface area contributed by atoms with Crippen LogP contribution in [-0.4, -0.2) is 218 Å². The highest BCUT2D eigenvalue weighted by Crippen LogP contribution is 2.46. The number of nitrogens with one attached hydrogen (secondary N) is 6. The van der Waals surface area contributed by atoms with E-state index >= 15 is 0 Å². The Morgan fingerprint density at radius 3 is 2.03 bits per heavy atom. The number of likely N-dealkylation sites (N-methyl/N-ethyl adjacent to an activating group) is 1. The van der Waals surface area contributed by atoms with Crippen molar-refractivity contribution >= 4 is 104 Å². The Morgan fingerprint density at radius 2 is 1.38 bits per heavy atom. The van der Waals surface area contributed by atoms with Crippen LogP contribution in [0.3, 0.4) is 0 Å². The summed E-state index contributed by atoms with van der Waals surface area (Å²) in [7, 11) is 2.01. The maximum absolute atomic E-state index is 14.2. The molecule has 0 unspecified atom stereocenters. The Balaban J connectivity index is 0.000000428. The van der Waals surface area contributed by atoms with Crippen LogP contribution in [0.15, 0.2) is 95.4 Å². The van der Waals surface area contributed by atoms with E-state index in [-0.39, 0.29) is 98.7 Å². The van der Waals surface area contributed by atoms with E-state index in [1.807, 2.05) is 31.3 Å². The van der Waals surface area contributed by atoms with E-state index in [0.717, 1.165) is 47.4 Å². The lowest BCUT2D eigenvalue weighted by Crippen LogP contribution is -2.54. The highest BCUT2D eigenvalue weighted by atomic mass is 35.5. The van der Waals surface area contributed by atoms with Gasteiger partial charge in [0.15, 0.2) is 5.76 Å². The smallest absolute Gasteiger partial charge is 0.415 e. The second kappa shape index (κ2) is 39.9. The minimum Gasteiger partial charge on any atom is -0.492 e. The van der Waals surface area contributed by atoms with Crippen LogP contribution < -0.4 is 52.0 Å². The number of hydrogen-bond donors (Lipinski definition) is 7. The van der Waals surface area contributed by atoms with Gasteiger partial charge in [0.2, 0.25) is 23.6 Å². The number of ether oxygens (including phenoxy) is 7. The van der Waals surface area contributed by atoms with Gasteiger partial charge in [0.05, 0.1) is 58.5 Å². The molecule has 0 bridgehead atoms. The monoisotopic (exact) mass is 1400 g/mol. The van der Waals surface area contributed by atoms with Crippen LogP contribution in [0.1, 0.15) is 81.0 Å². The van der Waals surface area contributed by atoms with Crippen LogP contribution in [0.5, 0.6) is 11.5 Å². The molecule has 536 valence electrons. The number of urea groups is 1. The lowest BCUT2D eigenvalue weighted by Gasteiger charge is -2.31. The Morgan fingerprint density at radius 1 is 0.727 bits per heavy atom. The molecule has 4 aromatic carbocycles. The fraction of sp³-hybridized carbons (Fsp3) is 0.478. The number of anilines is 2. The normalized spacial score (nSPS) is 14.9. The molecule has 1 aromatic heterocycles. The second-order valence-corrected chi connectivity index (χ2v) is 24.1. The first-order valence-electron chi connectivity index (χ1n) is 33.0. The number of halogens is 1. The van der Waals surface area contributed by atoms with Crippen molar-refractivity contribution in [3.05, 3.63) is 108 Å². The van der Waals surface area contributed by atoms with Crippen LogP contribution in [-0.2, 0) is 59.1 Å². The van der Waals surface area contributed by atoms with Crippen LogP contribution in [0.2, 0.25) is 0 Å². The van der Waals surface area contributed by atoms with Crippen molar-refractivity contribution in [2.45, 2.75) is 78.0 Å². The number of amides is 11. The van der Waals surface area contributed by atoms with Crippen LogP contribution >= 0.6 is 11.6 Å². The summed E-state index contributed by atoms with van der Waals surface area (Å²) >= 11 is 6.52. The van der Waals surface area contributed by atoms with E-state index in [9.17, 15) is 47.9 Å². The number of nitrogens with two attached hydrogens (primary N) is 1. The number of piperazine rings is 1. The summed E-state index contributed by atoms with van der Waals surface area (Å²) < 4.78 is 44.7. The maximum atomic E-state index is 14.2.